The van der Waals surface area contributed by atoms with Crippen LogP contribution >= 0.6 is 0 Å². The Balaban J connectivity index is 2.95. The van der Waals surface area contributed by atoms with E-state index in [1.54, 1.807) is 39.3 Å². The van der Waals surface area contributed by atoms with Gasteiger partial charge in [-0.3, -0.25) is 4.79 Å². The smallest absolute Gasteiger partial charge is 0.306 e. The van der Waals surface area contributed by atoms with Crippen LogP contribution in [0.15, 0.2) is 18.2 Å². The molecule has 4 nitrogen and oxygen atoms in total. The van der Waals surface area contributed by atoms with E-state index >= 15 is 0 Å². The van der Waals surface area contributed by atoms with Crippen LogP contribution < -0.4 is 9.47 Å². The summed E-state index contributed by atoms with van der Waals surface area (Å²) in [5, 5.41) is 8.86. The molecular formula is C12H16O4. The number of ether oxygens (including phenoxy) is 2. The highest BCUT2D eigenvalue weighted by Crippen LogP contribution is 2.26. The van der Waals surface area contributed by atoms with Crippen LogP contribution in [0.1, 0.15) is 12.5 Å². The Bertz CT molecular complexity index is 373. The molecule has 0 radical (unpaired) electrons. The average Bonchev–Trinajstić information content (AvgIpc) is 2.28. The van der Waals surface area contributed by atoms with Crippen molar-refractivity contribution in [2.45, 2.75) is 13.3 Å². The van der Waals surface area contributed by atoms with Crippen molar-refractivity contribution in [1.82, 2.24) is 0 Å². The van der Waals surface area contributed by atoms with Gasteiger partial charge in [-0.25, -0.2) is 0 Å². The second-order valence-corrected chi connectivity index (χ2v) is 3.62. The highest BCUT2D eigenvalue weighted by molar-refractivity contribution is 5.70. The Morgan fingerprint density at radius 2 is 2.06 bits per heavy atom. The van der Waals surface area contributed by atoms with Gasteiger partial charge in [-0.15, -0.1) is 0 Å². The van der Waals surface area contributed by atoms with Crippen LogP contribution in [0.5, 0.6) is 11.5 Å². The molecule has 0 bridgehead atoms. The number of rotatable bonds is 5. The summed E-state index contributed by atoms with van der Waals surface area (Å²) in [6.45, 7) is 1.67. The third-order valence-corrected chi connectivity index (χ3v) is 2.44. The summed E-state index contributed by atoms with van der Waals surface area (Å²) < 4.78 is 10.3. The number of methoxy groups -OCH3 is 2. The predicted molar refractivity (Wildman–Crippen MR) is 60.0 cm³/mol. The van der Waals surface area contributed by atoms with E-state index in [1.165, 1.54) is 0 Å². The van der Waals surface area contributed by atoms with Crippen LogP contribution in [0, 0.1) is 5.92 Å². The number of carboxylic acid groups (broad SMARTS) is 1. The molecule has 1 atom stereocenters. The quantitative estimate of drug-likeness (QED) is 0.830. The Morgan fingerprint density at radius 3 is 2.56 bits per heavy atom. The molecule has 4 heteroatoms. The second kappa shape index (κ2) is 5.39. The van der Waals surface area contributed by atoms with Gasteiger partial charge < -0.3 is 14.6 Å². The minimum absolute atomic E-state index is 0.426. The highest BCUT2D eigenvalue weighted by atomic mass is 16.5. The lowest BCUT2D eigenvalue weighted by molar-refractivity contribution is -0.141. The zero-order valence-electron chi connectivity index (χ0n) is 9.69. The van der Waals surface area contributed by atoms with Crippen molar-refractivity contribution in [3.05, 3.63) is 23.8 Å². The lowest BCUT2D eigenvalue weighted by Gasteiger charge is -2.12. The van der Waals surface area contributed by atoms with Crippen LogP contribution in [0.2, 0.25) is 0 Å². The van der Waals surface area contributed by atoms with Crippen LogP contribution in [0.3, 0.4) is 0 Å². The maximum absolute atomic E-state index is 10.8. The van der Waals surface area contributed by atoms with E-state index in [1.807, 2.05) is 0 Å². The van der Waals surface area contributed by atoms with E-state index in [2.05, 4.69) is 0 Å². The van der Waals surface area contributed by atoms with E-state index in [0.717, 1.165) is 5.56 Å². The third kappa shape index (κ3) is 2.89. The van der Waals surface area contributed by atoms with E-state index in [-0.39, 0.29) is 0 Å². The number of hydrogen-bond donors (Lipinski definition) is 1. The topological polar surface area (TPSA) is 55.8 Å². The van der Waals surface area contributed by atoms with E-state index in [9.17, 15) is 4.79 Å². The van der Waals surface area contributed by atoms with Gasteiger partial charge in [-0.1, -0.05) is 6.92 Å². The molecule has 1 rings (SSSR count). The number of carboxylic acids is 1. The fourth-order valence-electron chi connectivity index (χ4n) is 1.46. The zero-order valence-corrected chi connectivity index (χ0v) is 9.69. The van der Waals surface area contributed by atoms with E-state index in [0.29, 0.717) is 17.9 Å². The Labute approximate surface area is 94.8 Å². The van der Waals surface area contributed by atoms with Gasteiger partial charge in [-0.2, -0.15) is 0 Å². The summed E-state index contributed by atoms with van der Waals surface area (Å²) in [7, 11) is 3.14. The van der Waals surface area contributed by atoms with Crippen molar-refractivity contribution in [3.63, 3.8) is 0 Å². The standard InChI is InChI=1S/C12H16O4/c1-8(12(13)14)6-9-7-10(15-2)4-5-11(9)16-3/h4-5,7-8H,6H2,1-3H3,(H,13,14). The maximum Gasteiger partial charge on any atom is 0.306 e. The summed E-state index contributed by atoms with van der Waals surface area (Å²) in [6, 6.07) is 5.37. The van der Waals surface area contributed by atoms with Gasteiger partial charge in [0.05, 0.1) is 20.1 Å². The Hall–Kier alpha value is -1.71. The number of hydrogen-bond acceptors (Lipinski definition) is 3. The number of aliphatic carboxylic acids is 1. The number of benzene rings is 1. The monoisotopic (exact) mass is 224 g/mol. The van der Waals surface area contributed by atoms with Gasteiger partial charge in [0.25, 0.3) is 0 Å². The van der Waals surface area contributed by atoms with Crippen molar-refractivity contribution >= 4 is 5.97 Å². The van der Waals surface area contributed by atoms with Crippen molar-refractivity contribution in [3.8, 4) is 11.5 Å². The van der Waals surface area contributed by atoms with Crippen molar-refractivity contribution in [2.24, 2.45) is 5.92 Å². The van der Waals surface area contributed by atoms with E-state index in [4.69, 9.17) is 14.6 Å². The molecule has 1 unspecified atom stereocenters. The SMILES string of the molecule is COc1ccc(OC)c(CC(C)C(=O)O)c1. The van der Waals surface area contributed by atoms with Crippen LogP contribution in [-0.2, 0) is 11.2 Å². The molecule has 0 spiro atoms. The van der Waals surface area contributed by atoms with Crippen LogP contribution in [-0.4, -0.2) is 25.3 Å². The minimum Gasteiger partial charge on any atom is -0.497 e. The molecule has 16 heavy (non-hydrogen) atoms. The Morgan fingerprint density at radius 1 is 1.38 bits per heavy atom. The van der Waals surface area contributed by atoms with Crippen molar-refractivity contribution < 1.29 is 19.4 Å². The van der Waals surface area contributed by atoms with Crippen LogP contribution in [0.25, 0.3) is 0 Å². The fourth-order valence-corrected chi connectivity index (χ4v) is 1.46. The number of carbonyl (C=O) groups is 1. The van der Waals surface area contributed by atoms with Gasteiger partial charge in [0.2, 0.25) is 0 Å². The zero-order chi connectivity index (χ0) is 12.1. The molecule has 0 heterocycles. The van der Waals surface area contributed by atoms with Gasteiger partial charge in [0.1, 0.15) is 11.5 Å². The molecule has 0 saturated heterocycles. The van der Waals surface area contributed by atoms with Crippen LogP contribution in [0.4, 0.5) is 0 Å². The average molecular weight is 224 g/mol. The first-order chi connectivity index (χ1) is 7.58. The maximum atomic E-state index is 10.8. The summed E-state index contributed by atoms with van der Waals surface area (Å²) in [5.74, 6) is 0.133. The molecule has 1 aromatic rings. The minimum atomic E-state index is -0.815. The summed E-state index contributed by atoms with van der Waals surface area (Å²) in [4.78, 5) is 10.8. The molecule has 0 amide bonds. The molecule has 1 N–H and O–H groups in total. The molecule has 0 aromatic heterocycles. The Kier molecular flexibility index (Phi) is 4.17. The summed E-state index contributed by atoms with van der Waals surface area (Å²) in [5.41, 5.74) is 0.844. The molecule has 0 saturated carbocycles. The molecule has 1 aromatic carbocycles. The molecule has 88 valence electrons. The molecule has 0 fully saturated rings. The lowest BCUT2D eigenvalue weighted by atomic mass is 10.0. The molecule has 0 aliphatic carbocycles. The van der Waals surface area contributed by atoms with Gasteiger partial charge in [0.15, 0.2) is 0 Å². The fraction of sp³-hybridized carbons (Fsp3) is 0.417. The predicted octanol–water partition coefficient (Wildman–Crippen LogP) is 1.97. The van der Waals surface area contributed by atoms with Gasteiger partial charge in [-0.05, 0) is 30.2 Å². The first kappa shape index (κ1) is 12.4. The largest absolute Gasteiger partial charge is 0.497 e. The lowest BCUT2D eigenvalue weighted by Crippen LogP contribution is -2.12. The van der Waals surface area contributed by atoms with Crippen molar-refractivity contribution in [2.75, 3.05) is 14.2 Å². The summed E-state index contributed by atoms with van der Waals surface area (Å²) >= 11 is 0. The second-order valence-electron chi connectivity index (χ2n) is 3.62. The van der Waals surface area contributed by atoms with Gasteiger partial charge >= 0.3 is 5.97 Å². The molecular weight excluding hydrogens is 208 g/mol. The van der Waals surface area contributed by atoms with Crippen molar-refractivity contribution in [1.29, 1.82) is 0 Å². The highest BCUT2D eigenvalue weighted by Gasteiger charge is 2.15. The molecule has 0 aliphatic rings. The third-order valence-electron chi connectivity index (χ3n) is 2.44. The first-order valence-corrected chi connectivity index (χ1v) is 5.02. The summed E-state index contributed by atoms with van der Waals surface area (Å²) in [6.07, 6.45) is 0.426. The molecule has 0 aliphatic heterocycles. The normalized spacial score (nSPS) is 11.9. The first-order valence-electron chi connectivity index (χ1n) is 5.02. The van der Waals surface area contributed by atoms with Gasteiger partial charge in [0, 0.05) is 0 Å². The van der Waals surface area contributed by atoms with E-state index < -0.39 is 11.9 Å².